The number of nitrogens with two attached hydrogens (primary N) is 1. The van der Waals surface area contributed by atoms with E-state index in [1.165, 1.54) is 31.4 Å². The normalized spacial score (nSPS) is 17.4. The van der Waals surface area contributed by atoms with Crippen LogP contribution in [0.1, 0.15) is 56.5 Å². The van der Waals surface area contributed by atoms with Crippen molar-refractivity contribution in [2.45, 2.75) is 64.1 Å². The molecular formula is C17H26N4. The number of aromatic nitrogens is 3. The maximum atomic E-state index is 6.08. The maximum Gasteiger partial charge on any atom is 0.0821 e. The first kappa shape index (κ1) is 14.4. The van der Waals surface area contributed by atoms with Crippen molar-refractivity contribution in [2.24, 2.45) is 5.73 Å². The summed E-state index contributed by atoms with van der Waals surface area (Å²) in [5, 5.41) is 4.77. The fraction of sp³-hybridized carbons (Fsp3) is 0.588. The third-order valence-corrected chi connectivity index (χ3v) is 4.61. The van der Waals surface area contributed by atoms with Crippen LogP contribution in [-0.2, 0) is 13.0 Å². The molecule has 1 aliphatic rings. The van der Waals surface area contributed by atoms with Crippen LogP contribution in [-0.4, -0.2) is 20.4 Å². The fourth-order valence-corrected chi connectivity index (χ4v) is 3.21. The van der Waals surface area contributed by atoms with E-state index in [9.17, 15) is 0 Å². The van der Waals surface area contributed by atoms with Crippen molar-refractivity contribution in [2.75, 3.05) is 0 Å². The molecule has 0 saturated heterocycles. The van der Waals surface area contributed by atoms with Crippen molar-refractivity contribution in [3.63, 3.8) is 0 Å². The van der Waals surface area contributed by atoms with Crippen molar-refractivity contribution in [3.8, 4) is 0 Å². The molecule has 0 spiro atoms. The lowest BCUT2D eigenvalue weighted by Crippen LogP contribution is -2.23. The summed E-state index contributed by atoms with van der Waals surface area (Å²) in [6, 6.07) is 7.29. The molecule has 21 heavy (non-hydrogen) atoms. The van der Waals surface area contributed by atoms with Crippen LogP contribution in [0.3, 0.4) is 0 Å². The molecule has 2 heterocycles. The van der Waals surface area contributed by atoms with Gasteiger partial charge in [0, 0.05) is 30.6 Å². The molecule has 0 amide bonds. The van der Waals surface area contributed by atoms with Crippen LogP contribution < -0.4 is 5.73 Å². The quantitative estimate of drug-likeness (QED) is 0.887. The van der Waals surface area contributed by atoms with Gasteiger partial charge in [-0.25, -0.2) is 0 Å². The first-order valence-electron chi connectivity index (χ1n) is 8.20. The van der Waals surface area contributed by atoms with Crippen molar-refractivity contribution < 1.29 is 0 Å². The van der Waals surface area contributed by atoms with Gasteiger partial charge in [-0.2, -0.15) is 5.10 Å². The molecule has 0 aromatic carbocycles. The smallest absolute Gasteiger partial charge is 0.0821 e. The average Bonchev–Trinajstić information content (AvgIpc) is 3.20. The Morgan fingerprint density at radius 2 is 2.10 bits per heavy atom. The topological polar surface area (TPSA) is 48.8 Å². The van der Waals surface area contributed by atoms with E-state index in [4.69, 9.17) is 10.8 Å². The summed E-state index contributed by atoms with van der Waals surface area (Å²) in [4.78, 5) is 0. The van der Waals surface area contributed by atoms with Gasteiger partial charge in [-0.05, 0) is 37.5 Å². The predicted octanol–water partition coefficient (Wildman–Crippen LogP) is 3.13. The van der Waals surface area contributed by atoms with Gasteiger partial charge in [0.1, 0.15) is 0 Å². The Bertz CT molecular complexity index is 563. The highest BCUT2D eigenvalue weighted by molar-refractivity contribution is 5.12. The molecule has 1 atom stereocenters. The SMILES string of the molecule is CCC(N)Cc1cccn1Cc1ccn(C2CCCC2)n1. The Hall–Kier alpha value is -1.55. The van der Waals surface area contributed by atoms with Crippen LogP contribution >= 0.6 is 0 Å². The van der Waals surface area contributed by atoms with Crippen LogP contribution in [0, 0.1) is 0 Å². The van der Waals surface area contributed by atoms with E-state index in [2.05, 4.69) is 46.8 Å². The van der Waals surface area contributed by atoms with Gasteiger partial charge in [0.25, 0.3) is 0 Å². The Kier molecular flexibility index (Phi) is 4.44. The minimum atomic E-state index is 0.245. The molecule has 4 heteroatoms. The van der Waals surface area contributed by atoms with Crippen molar-refractivity contribution >= 4 is 0 Å². The lowest BCUT2D eigenvalue weighted by molar-refractivity contribution is 0.461. The van der Waals surface area contributed by atoms with Crippen molar-refractivity contribution in [1.82, 2.24) is 14.3 Å². The van der Waals surface area contributed by atoms with Gasteiger partial charge in [-0.15, -0.1) is 0 Å². The highest BCUT2D eigenvalue weighted by atomic mass is 15.3. The average molecular weight is 286 g/mol. The number of rotatable bonds is 6. The van der Waals surface area contributed by atoms with Crippen LogP contribution in [0.25, 0.3) is 0 Å². The van der Waals surface area contributed by atoms with Crippen LogP contribution in [0.5, 0.6) is 0 Å². The van der Waals surface area contributed by atoms with Gasteiger partial charge in [0.15, 0.2) is 0 Å². The second-order valence-electron chi connectivity index (χ2n) is 6.23. The van der Waals surface area contributed by atoms with Gasteiger partial charge in [0.2, 0.25) is 0 Å². The van der Waals surface area contributed by atoms with Gasteiger partial charge < -0.3 is 10.3 Å². The van der Waals surface area contributed by atoms with E-state index in [1.807, 2.05) is 0 Å². The molecular weight excluding hydrogens is 260 g/mol. The second-order valence-corrected chi connectivity index (χ2v) is 6.23. The first-order valence-corrected chi connectivity index (χ1v) is 8.20. The number of nitrogens with zero attached hydrogens (tertiary/aromatic N) is 3. The summed E-state index contributed by atoms with van der Waals surface area (Å²) in [5.74, 6) is 0. The summed E-state index contributed by atoms with van der Waals surface area (Å²) in [6.07, 6.45) is 11.5. The maximum absolute atomic E-state index is 6.08. The molecule has 1 saturated carbocycles. The largest absolute Gasteiger partial charge is 0.345 e. The molecule has 4 nitrogen and oxygen atoms in total. The molecule has 2 aromatic heterocycles. The fourth-order valence-electron chi connectivity index (χ4n) is 3.21. The number of hydrogen-bond donors (Lipinski definition) is 1. The van der Waals surface area contributed by atoms with Crippen LogP contribution in [0.4, 0.5) is 0 Å². The molecule has 2 aromatic rings. The molecule has 0 aliphatic heterocycles. The molecule has 1 fully saturated rings. The number of hydrogen-bond acceptors (Lipinski definition) is 2. The van der Waals surface area contributed by atoms with E-state index >= 15 is 0 Å². The third-order valence-electron chi connectivity index (χ3n) is 4.61. The summed E-state index contributed by atoms with van der Waals surface area (Å²) in [7, 11) is 0. The summed E-state index contributed by atoms with van der Waals surface area (Å²) in [6.45, 7) is 2.99. The highest BCUT2D eigenvalue weighted by Gasteiger charge is 2.17. The molecule has 3 rings (SSSR count). The van der Waals surface area contributed by atoms with Crippen LogP contribution in [0.2, 0.25) is 0 Å². The van der Waals surface area contributed by atoms with Gasteiger partial charge in [-0.1, -0.05) is 19.8 Å². The molecule has 0 bridgehead atoms. The van der Waals surface area contributed by atoms with Crippen LogP contribution in [0.15, 0.2) is 30.6 Å². The van der Waals surface area contributed by atoms with Gasteiger partial charge >= 0.3 is 0 Å². The Balaban J connectivity index is 1.68. The highest BCUT2D eigenvalue weighted by Crippen LogP contribution is 2.28. The zero-order valence-electron chi connectivity index (χ0n) is 12.9. The van der Waals surface area contributed by atoms with E-state index < -0.39 is 0 Å². The Morgan fingerprint density at radius 3 is 2.86 bits per heavy atom. The van der Waals surface area contributed by atoms with Gasteiger partial charge in [-0.3, -0.25) is 4.68 Å². The van der Waals surface area contributed by atoms with E-state index in [1.54, 1.807) is 0 Å². The lowest BCUT2D eigenvalue weighted by atomic mass is 10.1. The predicted molar refractivity (Wildman–Crippen MR) is 85.2 cm³/mol. The minimum Gasteiger partial charge on any atom is -0.345 e. The van der Waals surface area contributed by atoms with Crippen molar-refractivity contribution in [1.29, 1.82) is 0 Å². The second kappa shape index (κ2) is 6.48. The zero-order valence-corrected chi connectivity index (χ0v) is 12.9. The van der Waals surface area contributed by atoms with E-state index in [-0.39, 0.29) is 6.04 Å². The summed E-state index contributed by atoms with van der Waals surface area (Å²) >= 11 is 0. The molecule has 1 aliphatic carbocycles. The monoisotopic (exact) mass is 286 g/mol. The van der Waals surface area contributed by atoms with Gasteiger partial charge in [0.05, 0.1) is 18.3 Å². The summed E-state index contributed by atoms with van der Waals surface area (Å²) in [5.41, 5.74) is 8.53. The molecule has 1 unspecified atom stereocenters. The lowest BCUT2D eigenvalue weighted by Gasteiger charge is -2.12. The van der Waals surface area contributed by atoms with E-state index in [0.717, 1.165) is 25.1 Å². The zero-order chi connectivity index (χ0) is 14.7. The Morgan fingerprint density at radius 1 is 1.29 bits per heavy atom. The first-order chi connectivity index (χ1) is 10.3. The van der Waals surface area contributed by atoms with Crippen molar-refractivity contribution in [3.05, 3.63) is 42.0 Å². The third kappa shape index (κ3) is 3.38. The standard InChI is InChI=1S/C17H26N4/c1-2-14(18)12-17-8-5-10-20(17)13-15-9-11-21(19-15)16-6-3-4-7-16/h5,8-11,14,16H,2-4,6-7,12-13,18H2,1H3. The molecule has 2 N–H and O–H groups in total. The minimum absolute atomic E-state index is 0.245. The Labute approximate surface area is 126 Å². The summed E-state index contributed by atoms with van der Waals surface area (Å²) < 4.78 is 4.44. The molecule has 0 radical (unpaired) electrons. The molecule has 114 valence electrons. The van der Waals surface area contributed by atoms with E-state index in [0.29, 0.717) is 6.04 Å².